The highest BCUT2D eigenvalue weighted by Gasteiger charge is 2.32. The SMILES string of the molecule is O=C(O)CCCCC(=O)NCc1cccc(-c2cccc([C@H]3O[C@@H](CSc4ccccn4)C[C@@H](c4ccc(CO)cc4)O3)c2)c1. The number of amides is 1. The van der Waals surface area contributed by atoms with E-state index in [4.69, 9.17) is 14.6 Å². The minimum Gasteiger partial charge on any atom is -0.481 e. The molecule has 0 unspecified atom stereocenters. The average molecular weight is 627 g/mol. The predicted octanol–water partition coefficient (Wildman–Crippen LogP) is 6.84. The summed E-state index contributed by atoms with van der Waals surface area (Å²) in [5, 5.41) is 22.2. The lowest BCUT2D eigenvalue weighted by Gasteiger charge is -2.36. The van der Waals surface area contributed by atoms with Gasteiger partial charge in [-0.05, 0) is 64.9 Å². The van der Waals surface area contributed by atoms with Crippen molar-refractivity contribution in [1.82, 2.24) is 10.3 Å². The zero-order valence-corrected chi connectivity index (χ0v) is 25.8. The second-order valence-electron chi connectivity index (χ2n) is 11.0. The Bertz CT molecular complexity index is 1550. The van der Waals surface area contributed by atoms with Crippen molar-refractivity contribution in [3.63, 3.8) is 0 Å². The van der Waals surface area contributed by atoms with Gasteiger partial charge in [0.1, 0.15) is 0 Å². The van der Waals surface area contributed by atoms with Crippen molar-refractivity contribution in [3.8, 4) is 11.1 Å². The quantitative estimate of drug-likeness (QED) is 0.103. The second-order valence-corrected chi connectivity index (χ2v) is 12.1. The monoisotopic (exact) mass is 626 g/mol. The van der Waals surface area contributed by atoms with Crippen LogP contribution in [0.4, 0.5) is 0 Å². The molecule has 9 heteroatoms. The molecule has 3 aromatic carbocycles. The highest BCUT2D eigenvalue weighted by molar-refractivity contribution is 7.99. The Labute approximate surface area is 267 Å². The van der Waals surface area contributed by atoms with Crippen LogP contribution in [0.15, 0.2) is 102 Å². The first-order valence-corrected chi connectivity index (χ1v) is 16.2. The number of hydrogen-bond acceptors (Lipinski definition) is 7. The number of aliphatic hydroxyl groups excluding tert-OH is 1. The van der Waals surface area contributed by atoms with Crippen molar-refractivity contribution in [1.29, 1.82) is 0 Å². The molecule has 234 valence electrons. The third-order valence-electron chi connectivity index (χ3n) is 7.62. The molecule has 0 saturated carbocycles. The van der Waals surface area contributed by atoms with Crippen molar-refractivity contribution in [3.05, 3.63) is 119 Å². The normalized spacial score (nSPS) is 17.9. The Morgan fingerprint density at radius 2 is 1.62 bits per heavy atom. The summed E-state index contributed by atoms with van der Waals surface area (Å²) < 4.78 is 13.1. The van der Waals surface area contributed by atoms with E-state index < -0.39 is 12.3 Å². The van der Waals surface area contributed by atoms with Crippen LogP contribution in [0.2, 0.25) is 0 Å². The molecule has 1 amide bonds. The van der Waals surface area contributed by atoms with Crippen molar-refractivity contribution in [2.24, 2.45) is 0 Å². The third kappa shape index (κ3) is 9.73. The number of unbranched alkanes of at least 4 members (excludes halogenated alkanes) is 1. The zero-order valence-electron chi connectivity index (χ0n) is 25.0. The lowest BCUT2D eigenvalue weighted by molar-refractivity contribution is -0.245. The van der Waals surface area contributed by atoms with Gasteiger partial charge in [0.25, 0.3) is 0 Å². The van der Waals surface area contributed by atoms with Crippen LogP contribution in [0.25, 0.3) is 11.1 Å². The molecule has 0 spiro atoms. The third-order valence-corrected chi connectivity index (χ3v) is 8.70. The number of hydrogen-bond donors (Lipinski definition) is 3. The molecule has 2 heterocycles. The Hall–Kier alpha value is -4.02. The van der Waals surface area contributed by atoms with Gasteiger partial charge in [0.2, 0.25) is 5.91 Å². The summed E-state index contributed by atoms with van der Waals surface area (Å²) in [7, 11) is 0. The number of carbonyl (C=O) groups excluding carboxylic acids is 1. The van der Waals surface area contributed by atoms with Gasteiger partial charge in [-0.25, -0.2) is 4.98 Å². The number of nitrogens with zero attached hydrogens (tertiary/aromatic N) is 1. The number of benzene rings is 3. The molecule has 1 saturated heterocycles. The number of aliphatic carboxylic acids is 1. The number of carboxylic acid groups (broad SMARTS) is 1. The molecule has 5 rings (SSSR count). The Morgan fingerprint density at radius 1 is 0.844 bits per heavy atom. The van der Waals surface area contributed by atoms with Crippen LogP contribution >= 0.6 is 11.8 Å². The number of ether oxygens (including phenoxy) is 2. The van der Waals surface area contributed by atoms with Gasteiger partial charge in [-0.2, -0.15) is 0 Å². The molecular formula is C36H38N2O6S. The lowest BCUT2D eigenvalue weighted by Crippen LogP contribution is -2.31. The molecule has 1 aliphatic heterocycles. The number of rotatable bonds is 14. The predicted molar refractivity (Wildman–Crippen MR) is 173 cm³/mol. The molecule has 1 aliphatic rings. The molecule has 0 radical (unpaired) electrons. The Balaban J connectivity index is 1.28. The van der Waals surface area contributed by atoms with Gasteiger partial charge < -0.3 is 25.0 Å². The largest absolute Gasteiger partial charge is 0.481 e. The van der Waals surface area contributed by atoms with Gasteiger partial charge in [-0.15, -0.1) is 11.8 Å². The van der Waals surface area contributed by atoms with Gasteiger partial charge in [0.15, 0.2) is 6.29 Å². The summed E-state index contributed by atoms with van der Waals surface area (Å²) in [5.41, 5.74) is 5.81. The topological polar surface area (TPSA) is 118 Å². The van der Waals surface area contributed by atoms with Crippen LogP contribution in [0.5, 0.6) is 0 Å². The summed E-state index contributed by atoms with van der Waals surface area (Å²) in [4.78, 5) is 27.4. The van der Waals surface area contributed by atoms with Gasteiger partial charge >= 0.3 is 5.97 Å². The fourth-order valence-electron chi connectivity index (χ4n) is 5.21. The maximum atomic E-state index is 12.2. The second kappa shape index (κ2) is 16.3. The van der Waals surface area contributed by atoms with Gasteiger partial charge in [-0.3, -0.25) is 9.59 Å². The molecule has 1 fully saturated rings. The van der Waals surface area contributed by atoms with E-state index in [1.165, 1.54) is 0 Å². The summed E-state index contributed by atoms with van der Waals surface area (Å²) in [6.45, 7) is 0.391. The Morgan fingerprint density at radius 3 is 2.38 bits per heavy atom. The first-order chi connectivity index (χ1) is 22.0. The molecule has 4 aromatic rings. The molecule has 1 aromatic heterocycles. The average Bonchev–Trinajstić information content (AvgIpc) is 3.09. The van der Waals surface area contributed by atoms with Crippen LogP contribution in [0, 0.1) is 0 Å². The molecule has 3 N–H and O–H groups in total. The Kier molecular flexibility index (Phi) is 11.8. The zero-order chi connectivity index (χ0) is 31.4. The van der Waals surface area contributed by atoms with E-state index in [-0.39, 0.29) is 31.1 Å². The van der Waals surface area contributed by atoms with Crippen molar-refractivity contribution in [2.75, 3.05) is 5.75 Å². The number of pyridine rings is 1. The van der Waals surface area contributed by atoms with E-state index in [9.17, 15) is 14.7 Å². The molecule has 0 aliphatic carbocycles. The van der Waals surface area contributed by atoms with Crippen LogP contribution in [-0.4, -0.2) is 38.9 Å². The number of aromatic nitrogens is 1. The highest BCUT2D eigenvalue weighted by atomic mass is 32.2. The van der Waals surface area contributed by atoms with Crippen molar-refractivity contribution < 1.29 is 29.3 Å². The first-order valence-electron chi connectivity index (χ1n) is 15.2. The molecule has 0 bridgehead atoms. The van der Waals surface area contributed by atoms with E-state index in [1.807, 2.05) is 78.9 Å². The number of thioether (sulfide) groups is 1. The maximum absolute atomic E-state index is 12.2. The van der Waals surface area contributed by atoms with Crippen LogP contribution in [0.3, 0.4) is 0 Å². The molecular weight excluding hydrogens is 588 g/mol. The number of nitrogens with one attached hydrogen (secondary N) is 1. The fourth-order valence-corrected chi connectivity index (χ4v) is 6.09. The van der Waals surface area contributed by atoms with Crippen LogP contribution in [-0.2, 0) is 32.2 Å². The van der Waals surface area contributed by atoms with Gasteiger partial charge in [0.05, 0.1) is 23.8 Å². The minimum absolute atomic E-state index is 0.00413. The van der Waals surface area contributed by atoms with Gasteiger partial charge in [-0.1, -0.05) is 66.7 Å². The summed E-state index contributed by atoms with van der Waals surface area (Å²) in [6.07, 6.45) is 3.10. The van der Waals surface area contributed by atoms with E-state index >= 15 is 0 Å². The summed E-state index contributed by atoms with van der Waals surface area (Å²) in [5.74, 6) is -0.198. The summed E-state index contributed by atoms with van der Waals surface area (Å²) >= 11 is 1.66. The number of aliphatic hydroxyl groups is 1. The molecule has 45 heavy (non-hydrogen) atoms. The standard InChI is InChI=1S/C36H38N2O6S/c39-23-25-14-16-27(17-15-25)32-21-31(24-45-34-12-3-4-18-37-34)43-36(44-32)30-10-6-9-29(20-30)28-8-5-7-26(19-28)22-38-33(40)11-1-2-13-35(41)42/h3-10,12,14-20,31-32,36,39H,1-2,11,13,21-24H2,(H,38,40)(H,41,42)/t31-,32+,36+/m1/s1. The summed E-state index contributed by atoms with van der Waals surface area (Å²) in [6, 6.07) is 30.0. The van der Waals surface area contributed by atoms with Crippen molar-refractivity contribution in [2.45, 2.75) is 68.8 Å². The van der Waals surface area contributed by atoms with E-state index in [0.717, 1.165) is 44.2 Å². The maximum Gasteiger partial charge on any atom is 0.303 e. The minimum atomic E-state index is -0.842. The van der Waals surface area contributed by atoms with Crippen LogP contribution in [0.1, 0.15) is 66.8 Å². The van der Waals surface area contributed by atoms with Gasteiger partial charge in [0, 0.05) is 43.3 Å². The smallest absolute Gasteiger partial charge is 0.303 e. The highest BCUT2D eigenvalue weighted by Crippen LogP contribution is 2.40. The number of carboxylic acids is 1. The molecule has 3 atom stereocenters. The van der Waals surface area contributed by atoms with E-state index in [0.29, 0.717) is 32.2 Å². The molecule has 8 nitrogen and oxygen atoms in total. The number of carbonyl (C=O) groups is 2. The van der Waals surface area contributed by atoms with Crippen molar-refractivity contribution >= 4 is 23.6 Å². The van der Waals surface area contributed by atoms with E-state index in [2.05, 4.69) is 22.4 Å². The lowest BCUT2D eigenvalue weighted by atomic mass is 9.99. The first kappa shape index (κ1) is 32.4. The van der Waals surface area contributed by atoms with E-state index in [1.54, 1.807) is 18.0 Å². The fraction of sp³-hybridized carbons (Fsp3) is 0.306. The van der Waals surface area contributed by atoms with Crippen LogP contribution < -0.4 is 5.32 Å².